The Bertz CT molecular complexity index is 355. The topological polar surface area (TPSA) is 68.3 Å². The highest BCUT2D eigenvalue weighted by Gasteiger charge is 2.30. The third kappa shape index (κ3) is 3.28. The van der Waals surface area contributed by atoms with Crippen LogP contribution in [0, 0.1) is 5.92 Å². The van der Waals surface area contributed by atoms with Crippen molar-refractivity contribution in [2.75, 3.05) is 17.3 Å². The summed E-state index contributed by atoms with van der Waals surface area (Å²) >= 11 is 0. The summed E-state index contributed by atoms with van der Waals surface area (Å²) in [5, 5.41) is 0. The fourth-order valence-electron chi connectivity index (χ4n) is 1.28. The van der Waals surface area contributed by atoms with Crippen molar-refractivity contribution >= 4 is 29.6 Å². The molecule has 0 bridgehead atoms. The van der Waals surface area contributed by atoms with E-state index in [1.807, 2.05) is 0 Å². The number of rotatable bonds is 2. The molecule has 0 N–H and O–H groups in total. The summed E-state index contributed by atoms with van der Waals surface area (Å²) in [6.45, 7) is 0. The maximum atomic E-state index is 10.9. The van der Waals surface area contributed by atoms with Gasteiger partial charge in [0, 0.05) is 10.7 Å². The molecule has 0 aromatic heterocycles. The summed E-state index contributed by atoms with van der Waals surface area (Å²) in [6.07, 6.45) is 0.411. The van der Waals surface area contributed by atoms with E-state index in [1.54, 1.807) is 0 Å². The zero-order valence-electron chi connectivity index (χ0n) is 6.23. The van der Waals surface area contributed by atoms with Crippen molar-refractivity contribution < 1.29 is 16.8 Å². The van der Waals surface area contributed by atoms with Crippen molar-refractivity contribution in [1.82, 2.24) is 0 Å². The van der Waals surface area contributed by atoms with E-state index < -0.39 is 18.9 Å². The Labute approximate surface area is 76.3 Å². The van der Waals surface area contributed by atoms with E-state index in [4.69, 9.17) is 10.7 Å². The molecule has 0 radical (unpaired) electrons. The minimum atomic E-state index is -3.55. The molecule has 1 rings (SSSR count). The van der Waals surface area contributed by atoms with Gasteiger partial charge in [-0.3, -0.25) is 0 Å². The number of halogens is 1. The largest absolute Gasteiger partial charge is 0.232 e. The number of sulfone groups is 1. The van der Waals surface area contributed by atoms with Gasteiger partial charge in [-0.1, -0.05) is 0 Å². The van der Waals surface area contributed by atoms with Crippen molar-refractivity contribution in [2.24, 2.45) is 5.92 Å². The van der Waals surface area contributed by atoms with Crippen LogP contribution in [0.4, 0.5) is 0 Å². The highest BCUT2D eigenvalue weighted by atomic mass is 35.7. The average Bonchev–Trinajstić information content (AvgIpc) is 2.05. The molecule has 1 aliphatic heterocycles. The van der Waals surface area contributed by atoms with Gasteiger partial charge in [0.1, 0.15) is 0 Å². The lowest BCUT2D eigenvalue weighted by atomic mass is 10.2. The second-order valence-corrected chi connectivity index (χ2v) is 8.02. The Hall–Kier alpha value is 0.190. The molecular weight excluding hydrogens is 224 g/mol. The van der Waals surface area contributed by atoms with Crippen LogP contribution in [0.5, 0.6) is 0 Å². The molecule has 0 amide bonds. The summed E-state index contributed by atoms with van der Waals surface area (Å²) in [6, 6.07) is 0. The molecule has 0 aromatic rings. The molecule has 1 fully saturated rings. The van der Waals surface area contributed by atoms with Crippen molar-refractivity contribution in [2.45, 2.75) is 6.42 Å². The minimum Gasteiger partial charge on any atom is -0.229 e. The lowest BCUT2D eigenvalue weighted by molar-refractivity contribution is 0.585. The van der Waals surface area contributed by atoms with E-state index in [9.17, 15) is 16.8 Å². The standard InChI is InChI=1S/C5H9ClO4S2/c6-12(9,10)4-5-1-2-11(7,8)3-5/h5H,1-4H2. The van der Waals surface area contributed by atoms with Crippen LogP contribution in [0.2, 0.25) is 0 Å². The first kappa shape index (κ1) is 10.3. The first-order valence-corrected chi connectivity index (χ1v) is 7.71. The Kier molecular flexibility index (Phi) is 2.70. The second-order valence-electron chi connectivity index (χ2n) is 2.97. The fraction of sp³-hybridized carbons (Fsp3) is 1.00. The van der Waals surface area contributed by atoms with Gasteiger partial charge in [-0.2, -0.15) is 0 Å². The number of hydrogen-bond acceptors (Lipinski definition) is 4. The molecule has 1 atom stereocenters. The van der Waals surface area contributed by atoms with Gasteiger partial charge in [0.2, 0.25) is 9.05 Å². The first-order valence-electron chi connectivity index (χ1n) is 3.41. The maximum Gasteiger partial charge on any atom is 0.232 e. The van der Waals surface area contributed by atoms with E-state index in [0.29, 0.717) is 6.42 Å². The summed E-state index contributed by atoms with van der Waals surface area (Å²) in [5.74, 6) is -0.492. The van der Waals surface area contributed by atoms with E-state index in [-0.39, 0.29) is 23.2 Å². The highest BCUT2D eigenvalue weighted by molar-refractivity contribution is 8.13. The molecule has 4 nitrogen and oxygen atoms in total. The molecule has 1 saturated heterocycles. The molecule has 72 valence electrons. The van der Waals surface area contributed by atoms with Gasteiger partial charge >= 0.3 is 0 Å². The Morgan fingerprint density at radius 3 is 2.33 bits per heavy atom. The van der Waals surface area contributed by atoms with Crippen LogP contribution in [0.25, 0.3) is 0 Å². The van der Waals surface area contributed by atoms with Crippen LogP contribution >= 0.6 is 10.7 Å². The molecule has 0 aliphatic carbocycles. The fourth-order valence-corrected chi connectivity index (χ4v) is 4.68. The molecule has 7 heteroatoms. The molecule has 0 spiro atoms. The monoisotopic (exact) mass is 232 g/mol. The van der Waals surface area contributed by atoms with Crippen LogP contribution in [0.3, 0.4) is 0 Å². The van der Waals surface area contributed by atoms with Crippen molar-refractivity contribution in [3.63, 3.8) is 0 Å². The number of hydrogen-bond donors (Lipinski definition) is 0. The van der Waals surface area contributed by atoms with Crippen LogP contribution in [-0.4, -0.2) is 34.1 Å². The lowest BCUT2D eigenvalue weighted by Gasteiger charge is -2.01. The predicted molar refractivity (Wildman–Crippen MR) is 46.4 cm³/mol. The minimum absolute atomic E-state index is 0.0427. The normalized spacial score (nSPS) is 28.9. The average molecular weight is 233 g/mol. The maximum absolute atomic E-state index is 10.9. The van der Waals surface area contributed by atoms with Crippen LogP contribution in [-0.2, 0) is 18.9 Å². The van der Waals surface area contributed by atoms with Gasteiger partial charge in [0.05, 0.1) is 17.3 Å². The van der Waals surface area contributed by atoms with Crippen LogP contribution in [0.15, 0.2) is 0 Å². The predicted octanol–water partition coefficient (Wildman–Crippen LogP) is -0.0103. The molecular formula is C5H9ClO4S2. The zero-order chi connectivity index (χ0) is 9.41. The van der Waals surface area contributed by atoms with E-state index in [1.165, 1.54) is 0 Å². The quantitative estimate of drug-likeness (QED) is 0.628. The van der Waals surface area contributed by atoms with Crippen molar-refractivity contribution in [3.8, 4) is 0 Å². The molecule has 0 aromatic carbocycles. The second kappa shape index (κ2) is 3.16. The SMILES string of the molecule is O=S(=O)(Cl)CC1CCS(=O)(=O)C1. The van der Waals surface area contributed by atoms with Gasteiger partial charge in [-0.25, -0.2) is 16.8 Å². The van der Waals surface area contributed by atoms with Crippen molar-refractivity contribution in [3.05, 3.63) is 0 Å². The summed E-state index contributed by atoms with van der Waals surface area (Å²) < 4.78 is 42.9. The van der Waals surface area contributed by atoms with E-state index >= 15 is 0 Å². The van der Waals surface area contributed by atoms with Crippen LogP contribution < -0.4 is 0 Å². The first-order chi connectivity index (χ1) is 5.29. The Morgan fingerprint density at radius 2 is 2.00 bits per heavy atom. The highest BCUT2D eigenvalue weighted by Crippen LogP contribution is 2.20. The molecule has 1 aliphatic rings. The summed E-state index contributed by atoms with van der Waals surface area (Å²) in [5.41, 5.74) is 0. The van der Waals surface area contributed by atoms with Gasteiger partial charge < -0.3 is 0 Å². The van der Waals surface area contributed by atoms with Gasteiger partial charge in [-0.15, -0.1) is 0 Å². The Morgan fingerprint density at radius 1 is 1.42 bits per heavy atom. The molecule has 1 unspecified atom stereocenters. The van der Waals surface area contributed by atoms with E-state index in [2.05, 4.69) is 0 Å². The molecule has 0 saturated carbocycles. The van der Waals surface area contributed by atoms with Gasteiger partial charge in [0.15, 0.2) is 9.84 Å². The molecule has 1 heterocycles. The van der Waals surface area contributed by atoms with E-state index in [0.717, 1.165) is 0 Å². The summed E-state index contributed by atoms with van der Waals surface area (Å²) in [7, 11) is -1.56. The third-order valence-electron chi connectivity index (χ3n) is 1.76. The van der Waals surface area contributed by atoms with Crippen molar-refractivity contribution in [1.29, 1.82) is 0 Å². The van der Waals surface area contributed by atoms with Gasteiger partial charge in [-0.05, 0) is 12.3 Å². The summed E-state index contributed by atoms with van der Waals surface area (Å²) in [4.78, 5) is 0. The Balaban J connectivity index is 2.61. The van der Waals surface area contributed by atoms with Gasteiger partial charge in [0.25, 0.3) is 0 Å². The zero-order valence-corrected chi connectivity index (χ0v) is 8.62. The lowest BCUT2D eigenvalue weighted by Crippen LogP contribution is -2.13. The smallest absolute Gasteiger partial charge is 0.229 e. The third-order valence-corrected chi connectivity index (χ3v) is 4.85. The van der Waals surface area contributed by atoms with Crippen LogP contribution in [0.1, 0.15) is 6.42 Å². The molecule has 12 heavy (non-hydrogen) atoms.